The quantitative estimate of drug-likeness (QED) is 0.129. The first-order valence-electron chi connectivity index (χ1n) is 10.7. The highest BCUT2D eigenvalue weighted by atomic mass is 127. The Morgan fingerprint density at radius 1 is 0.909 bits per heavy atom. The Kier molecular flexibility index (Phi) is 8.72. The molecule has 0 bridgehead atoms. The fourth-order valence-corrected chi connectivity index (χ4v) is 3.86. The Morgan fingerprint density at radius 2 is 1.55 bits per heavy atom. The Labute approximate surface area is 208 Å². The molecule has 0 aliphatic carbocycles. The van der Waals surface area contributed by atoms with Crippen molar-refractivity contribution in [3.8, 4) is 0 Å². The standard InChI is InChI=1S/C28H26INO3/c1-19(2)20-13-15-21(16-14-20)24(29)17-18-26(28(32)33-3)30-25-12-8-7-11-23(25)27(31)22-9-5-4-6-10-22/h4-17,19H,18H2,1-3H3. The molecule has 0 aromatic heterocycles. The number of esters is 1. The van der Waals surface area contributed by atoms with Crippen molar-refractivity contribution >= 4 is 49.3 Å². The van der Waals surface area contributed by atoms with Crippen LogP contribution in [0.3, 0.4) is 0 Å². The average molecular weight is 551 g/mol. The molecule has 0 aliphatic rings. The summed E-state index contributed by atoms with van der Waals surface area (Å²) in [6.07, 6.45) is 2.23. The van der Waals surface area contributed by atoms with Crippen LogP contribution in [-0.4, -0.2) is 24.6 Å². The molecule has 0 heterocycles. The summed E-state index contributed by atoms with van der Waals surface area (Å²) in [6.45, 7) is 4.32. The van der Waals surface area contributed by atoms with Gasteiger partial charge in [0.1, 0.15) is 5.71 Å². The van der Waals surface area contributed by atoms with Crippen molar-refractivity contribution < 1.29 is 14.3 Å². The molecular formula is C28H26INO3. The summed E-state index contributed by atoms with van der Waals surface area (Å²) in [4.78, 5) is 30.0. The molecule has 0 amide bonds. The van der Waals surface area contributed by atoms with Crippen molar-refractivity contribution in [2.24, 2.45) is 4.99 Å². The second-order valence-corrected chi connectivity index (χ2v) is 8.96. The summed E-state index contributed by atoms with van der Waals surface area (Å²) < 4.78 is 5.97. The van der Waals surface area contributed by atoms with E-state index >= 15 is 0 Å². The van der Waals surface area contributed by atoms with Gasteiger partial charge in [-0.3, -0.25) is 4.79 Å². The molecule has 0 fully saturated rings. The Morgan fingerprint density at radius 3 is 2.18 bits per heavy atom. The van der Waals surface area contributed by atoms with Gasteiger partial charge in [0.2, 0.25) is 0 Å². The number of aliphatic imine (C=N–C) groups is 1. The first-order valence-corrected chi connectivity index (χ1v) is 11.8. The monoisotopic (exact) mass is 551 g/mol. The number of carbonyl (C=O) groups is 2. The fraction of sp³-hybridized carbons (Fsp3) is 0.179. The number of benzene rings is 3. The molecule has 33 heavy (non-hydrogen) atoms. The van der Waals surface area contributed by atoms with Crippen molar-refractivity contribution in [1.82, 2.24) is 0 Å². The van der Waals surface area contributed by atoms with Gasteiger partial charge in [-0.1, -0.05) is 86.7 Å². The first kappa shape index (κ1) is 24.6. The van der Waals surface area contributed by atoms with E-state index in [-0.39, 0.29) is 17.9 Å². The Bertz CT molecular complexity index is 1180. The van der Waals surface area contributed by atoms with E-state index in [1.165, 1.54) is 12.7 Å². The number of allylic oxidation sites excluding steroid dienone is 1. The summed E-state index contributed by atoms with van der Waals surface area (Å²) in [6, 6.07) is 24.5. The third kappa shape index (κ3) is 6.48. The number of methoxy groups -OCH3 is 1. The topological polar surface area (TPSA) is 55.7 Å². The maximum Gasteiger partial charge on any atom is 0.352 e. The molecule has 5 heteroatoms. The molecule has 0 saturated carbocycles. The zero-order valence-electron chi connectivity index (χ0n) is 18.9. The van der Waals surface area contributed by atoms with Crippen molar-refractivity contribution in [3.63, 3.8) is 0 Å². The molecule has 0 aliphatic heterocycles. The van der Waals surface area contributed by atoms with Crippen LogP contribution in [0.5, 0.6) is 0 Å². The lowest BCUT2D eigenvalue weighted by atomic mass is 10.0. The number of hydrogen-bond acceptors (Lipinski definition) is 4. The number of rotatable bonds is 8. The van der Waals surface area contributed by atoms with Crippen LogP contribution in [0, 0.1) is 0 Å². The normalized spacial score (nSPS) is 12.0. The van der Waals surface area contributed by atoms with E-state index < -0.39 is 5.97 Å². The van der Waals surface area contributed by atoms with Crippen LogP contribution in [0.15, 0.2) is 89.9 Å². The summed E-state index contributed by atoms with van der Waals surface area (Å²) >= 11 is 2.26. The minimum absolute atomic E-state index is 0.144. The van der Waals surface area contributed by atoms with Gasteiger partial charge in [-0.15, -0.1) is 0 Å². The van der Waals surface area contributed by atoms with Crippen molar-refractivity contribution in [3.05, 3.63) is 107 Å². The fourth-order valence-electron chi connectivity index (χ4n) is 3.28. The maximum absolute atomic E-state index is 13.0. The smallest absolute Gasteiger partial charge is 0.352 e. The van der Waals surface area contributed by atoms with E-state index in [0.717, 1.165) is 9.14 Å². The number of para-hydroxylation sites is 1. The van der Waals surface area contributed by atoms with Crippen LogP contribution in [0.1, 0.15) is 53.2 Å². The number of ketones is 1. The highest BCUT2D eigenvalue weighted by molar-refractivity contribution is 14.1. The van der Waals surface area contributed by atoms with E-state index in [0.29, 0.717) is 22.7 Å². The van der Waals surface area contributed by atoms with E-state index in [2.05, 4.69) is 65.7 Å². The van der Waals surface area contributed by atoms with Crippen molar-refractivity contribution in [1.29, 1.82) is 0 Å². The van der Waals surface area contributed by atoms with Crippen LogP contribution in [0.4, 0.5) is 5.69 Å². The van der Waals surface area contributed by atoms with Crippen LogP contribution in [0.25, 0.3) is 3.58 Å². The van der Waals surface area contributed by atoms with E-state index in [1.807, 2.05) is 24.3 Å². The van der Waals surface area contributed by atoms with E-state index in [4.69, 9.17) is 4.74 Å². The third-order valence-electron chi connectivity index (χ3n) is 5.19. The highest BCUT2D eigenvalue weighted by Gasteiger charge is 2.16. The summed E-state index contributed by atoms with van der Waals surface area (Å²) in [5.41, 5.74) is 4.03. The number of hydrogen-bond donors (Lipinski definition) is 0. The molecule has 0 spiro atoms. The lowest BCUT2D eigenvalue weighted by molar-refractivity contribution is -0.132. The second-order valence-electron chi connectivity index (χ2n) is 7.80. The summed E-state index contributed by atoms with van der Waals surface area (Å²) in [5, 5.41) is 0. The van der Waals surface area contributed by atoms with E-state index in [9.17, 15) is 9.59 Å². The van der Waals surface area contributed by atoms with Crippen molar-refractivity contribution in [2.75, 3.05) is 7.11 Å². The zero-order valence-corrected chi connectivity index (χ0v) is 21.1. The summed E-state index contributed by atoms with van der Waals surface area (Å²) in [5.74, 6) is -0.195. The number of ether oxygens (including phenoxy) is 1. The SMILES string of the molecule is COC(=O)C(CC=C(I)c1ccc(C(C)C)cc1)=Nc1ccccc1C(=O)c1ccccc1. The minimum Gasteiger partial charge on any atom is -0.465 e. The molecule has 168 valence electrons. The first-order chi connectivity index (χ1) is 15.9. The number of halogens is 1. The molecule has 0 unspecified atom stereocenters. The van der Waals surface area contributed by atoms with Crippen LogP contribution < -0.4 is 0 Å². The van der Waals surface area contributed by atoms with Gasteiger partial charge in [-0.25, -0.2) is 9.79 Å². The zero-order chi connectivity index (χ0) is 23.8. The van der Waals surface area contributed by atoms with Crippen molar-refractivity contribution in [2.45, 2.75) is 26.2 Å². The molecule has 0 radical (unpaired) electrons. The predicted octanol–water partition coefficient (Wildman–Crippen LogP) is 7.15. The lowest BCUT2D eigenvalue weighted by Crippen LogP contribution is -2.15. The van der Waals surface area contributed by atoms with Gasteiger partial charge in [0.15, 0.2) is 5.78 Å². The predicted molar refractivity (Wildman–Crippen MR) is 143 cm³/mol. The minimum atomic E-state index is -0.521. The molecule has 3 aromatic carbocycles. The van der Waals surface area contributed by atoms with Gasteiger partial charge in [-0.2, -0.15) is 0 Å². The average Bonchev–Trinajstić information content (AvgIpc) is 2.86. The van der Waals surface area contributed by atoms with Gasteiger partial charge in [0, 0.05) is 21.1 Å². The molecule has 0 atom stereocenters. The lowest BCUT2D eigenvalue weighted by Gasteiger charge is -2.08. The Hall–Kier alpha value is -3.06. The maximum atomic E-state index is 13.0. The molecule has 0 saturated heterocycles. The Balaban J connectivity index is 1.91. The number of nitrogens with zero attached hydrogens (tertiary/aromatic N) is 1. The van der Waals surface area contributed by atoms with Crippen LogP contribution >= 0.6 is 22.6 Å². The van der Waals surface area contributed by atoms with Gasteiger partial charge in [0.25, 0.3) is 0 Å². The summed E-state index contributed by atoms with van der Waals surface area (Å²) in [7, 11) is 1.33. The van der Waals surface area contributed by atoms with Gasteiger partial charge < -0.3 is 4.74 Å². The third-order valence-corrected chi connectivity index (χ3v) is 6.25. The molecule has 4 nitrogen and oxygen atoms in total. The molecule has 3 rings (SSSR count). The number of carbonyl (C=O) groups excluding carboxylic acids is 2. The molecular weight excluding hydrogens is 525 g/mol. The molecule has 0 N–H and O–H groups in total. The second kappa shape index (κ2) is 11.7. The largest absolute Gasteiger partial charge is 0.465 e. The van der Waals surface area contributed by atoms with E-state index in [1.54, 1.807) is 36.4 Å². The van der Waals surface area contributed by atoms with Gasteiger partial charge in [0.05, 0.1) is 12.8 Å². The van der Waals surface area contributed by atoms with Gasteiger partial charge >= 0.3 is 5.97 Å². The van der Waals surface area contributed by atoms with Crippen LogP contribution in [-0.2, 0) is 9.53 Å². The molecule has 3 aromatic rings. The highest BCUT2D eigenvalue weighted by Crippen LogP contribution is 2.26. The van der Waals surface area contributed by atoms with Gasteiger partial charge in [-0.05, 0) is 51.8 Å². The van der Waals surface area contributed by atoms with Crippen LogP contribution in [0.2, 0.25) is 0 Å².